The van der Waals surface area contributed by atoms with Crippen molar-refractivity contribution in [3.63, 3.8) is 0 Å². The zero-order valence-corrected chi connectivity index (χ0v) is 13.0. The molecule has 0 saturated carbocycles. The maximum atomic E-state index is 11.6. The lowest BCUT2D eigenvalue weighted by Gasteiger charge is -2.27. The molecule has 0 aromatic carbocycles. The van der Waals surface area contributed by atoms with Crippen LogP contribution in [0.3, 0.4) is 0 Å². The number of allylic oxidation sites excluding steroid dienone is 2. The second-order valence-corrected chi connectivity index (χ2v) is 5.37. The van der Waals surface area contributed by atoms with Gasteiger partial charge in [-0.3, -0.25) is 4.79 Å². The van der Waals surface area contributed by atoms with Gasteiger partial charge in [0.15, 0.2) is 0 Å². The lowest BCUT2D eigenvalue weighted by atomic mass is 9.76. The number of carboxylic acid groups (broad SMARTS) is 2. The van der Waals surface area contributed by atoms with Crippen molar-refractivity contribution in [2.45, 2.75) is 13.3 Å². The Morgan fingerprint density at radius 3 is 2.48 bits per heavy atom. The second-order valence-electron chi connectivity index (χ2n) is 5.37. The molecule has 0 amide bonds. The summed E-state index contributed by atoms with van der Waals surface area (Å²) in [6.07, 6.45) is 4.31. The number of aliphatic carboxylic acids is 2. The number of nitrogens with zero attached hydrogens (tertiary/aromatic N) is 1. The molecule has 2 N–H and O–H groups in total. The molecule has 1 heterocycles. The number of hydrogen-bond acceptors (Lipinski definition) is 5. The Kier molecular flexibility index (Phi) is 4.40. The molecule has 0 aliphatic heterocycles. The van der Waals surface area contributed by atoms with Crippen molar-refractivity contribution < 1.29 is 29.3 Å². The molecule has 1 aromatic rings. The summed E-state index contributed by atoms with van der Waals surface area (Å²) in [6, 6.07) is 1.60. The molecule has 1 unspecified atom stereocenters. The minimum atomic E-state index is -1.34. The number of ether oxygens (including phenoxy) is 2. The molecular weight excluding hydrogens is 302 g/mol. The Balaban J connectivity index is 2.71. The van der Waals surface area contributed by atoms with Crippen LogP contribution in [0.4, 0.5) is 0 Å². The smallest absolute Gasteiger partial charge is 0.331 e. The van der Waals surface area contributed by atoms with Crippen LogP contribution in [0.2, 0.25) is 0 Å². The van der Waals surface area contributed by atoms with Gasteiger partial charge in [0.25, 0.3) is 0 Å². The normalized spacial score (nSPS) is 20.3. The lowest BCUT2D eigenvalue weighted by molar-refractivity contribution is -0.145. The fourth-order valence-corrected chi connectivity index (χ4v) is 2.51. The van der Waals surface area contributed by atoms with Gasteiger partial charge >= 0.3 is 11.9 Å². The number of pyridine rings is 1. The van der Waals surface area contributed by atoms with E-state index in [0.29, 0.717) is 16.9 Å². The van der Waals surface area contributed by atoms with Crippen LogP contribution in [0.25, 0.3) is 5.57 Å². The third-order valence-corrected chi connectivity index (χ3v) is 3.70. The first-order valence-corrected chi connectivity index (χ1v) is 6.80. The van der Waals surface area contributed by atoms with Crippen LogP contribution in [0.15, 0.2) is 30.0 Å². The van der Waals surface area contributed by atoms with Crippen LogP contribution >= 0.6 is 0 Å². The highest BCUT2D eigenvalue weighted by atomic mass is 16.5. The van der Waals surface area contributed by atoms with Gasteiger partial charge < -0.3 is 19.7 Å². The van der Waals surface area contributed by atoms with E-state index in [9.17, 15) is 19.8 Å². The fourth-order valence-electron chi connectivity index (χ4n) is 2.51. The van der Waals surface area contributed by atoms with Crippen molar-refractivity contribution in [2.75, 3.05) is 14.2 Å². The maximum absolute atomic E-state index is 11.6. The Morgan fingerprint density at radius 2 is 1.96 bits per heavy atom. The minimum Gasteiger partial charge on any atom is -0.496 e. The third-order valence-electron chi connectivity index (χ3n) is 3.70. The predicted molar refractivity (Wildman–Crippen MR) is 81.4 cm³/mol. The van der Waals surface area contributed by atoms with Crippen molar-refractivity contribution in [2.24, 2.45) is 5.41 Å². The van der Waals surface area contributed by atoms with Crippen molar-refractivity contribution in [1.82, 2.24) is 4.98 Å². The topological polar surface area (TPSA) is 106 Å². The molecule has 1 aromatic heterocycles. The molecule has 1 aliphatic rings. The van der Waals surface area contributed by atoms with Crippen LogP contribution in [0.5, 0.6) is 11.6 Å². The van der Waals surface area contributed by atoms with Crippen LogP contribution in [0, 0.1) is 5.41 Å². The van der Waals surface area contributed by atoms with E-state index in [1.165, 1.54) is 39.5 Å². The molecule has 2 rings (SSSR count). The first-order chi connectivity index (χ1) is 10.8. The van der Waals surface area contributed by atoms with E-state index >= 15 is 0 Å². The van der Waals surface area contributed by atoms with Crippen molar-refractivity contribution in [3.05, 3.63) is 35.6 Å². The zero-order chi connectivity index (χ0) is 17.2. The number of carbonyl (C=O) groups is 2. The van der Waals surface area contributed by atoms with Gasteiger partial charge in [0, 0.05) is 11.8 Å². The Labute approximate surface area is 132 Å². The van der Waals surface area contributed by atoms with Gasteiger partial charge in [-0.15, -0.1) is 0 Å². The highest BCUT2D eigenvalue weighted by molar-refractivity contribution is 5.97. The van der Waals surface area contributed by atoms with E-state index in [4.69, 9.17) is 9.47 Å². The Bertz CT molecular complexity index is 699. The number of rotatable bonds is 5. The molecule has 0 spiro atoms. The Morgan fingerprint density at radius 1 is 1.26 bits per heavy atom. The molecule has 7 nitrogen and oxygen atoms in total. The number of carboxylic acids is 2. The van der Waals surface area contributed by atoms with E-state index in [1.807, 2.05) is 0 Å². The first kappa shape index (κ1) is 16.5. The number of aromatic nitrogens is 1. The van der Waals surface area contributed by atoms with Crippen molar-refractivity contribution in [1.29, 1.82) is 0 Å². The molecule has 122 valence electrons. The second kappa shape index (κ2) is 6.12. The summed E-state index contributed by atoms with van der Waals surface area (Å²) in [5.74, 6) is -1.63. The Hall–Kier alpha value is -2.83. The average Bonchev–Trinajstić information content (AvgIpc) is 2.53. The van der Waals surface area contributed by atoms with E-state index in [-0.39, 0.29) is 17.9 Å². The highest BCUT2D eigenvalue weighted by Crippen LogP contribution is 2.42. The van der Waals surface area contributed by atoms with Crippen molar-refractivity contribution in [3.8, 4) is 11.6 Å². The molecule has 23 heavy (non-hydrogen) atoms. The van der Waals surface area contributed by atoms with Gasteiger partial charge in [-0.05, 0) is 31.1 Å². The molecule has 1 aliphatic carbocycles. The van der Waals surface area contributed by atoms with Gasteiger partial charge in [-0.2, -0.15) is 0 Å². The molecule has 0 radical (unpaired) electrons. The lowest BCUT2D eigenvalue weighted by Crippen LogP contribution is -2.29. The number of hydrogen-bond donors (Lipinski definition) is 2. The van der Waals surface area contributed by atoms with Crippen LogP contribution in [0.1, 0.15) is 18.9 Å². The van der Waals surface area contributed by atoms with Crippen LogP contribution in [-0.4, -0.2) is 41.4 Å². The van der Waals surface area contributed by atoms with Gasteiger partial charge in [0.05, 0.1) is 25.2 Å². The summed E-state index contributed by atoms with van der Waals surface area (Å²) >= 11 is 0. The van der Waals surface area contributed by atoms with E-state index < -0.39 is 17.4 Å². The van der Waals surface area contributed by atoms with Crippen LogP contribution < -0.4 is 9.47 Å². The maximum Gasteiger partial charge on any atom is 0.331 e. The monoisotopic (exact) mass is 319 g/mol. The molecule has 0 fully saturated rings. The van der Waals surface area contributed by atoms with Gasteiger partial charge in [0.1, 0.15) is 5.75 Å². The minimum absolute atomic E-state index is 0.000333. The standard InChI is InChI=1S/C16H17NO6/c1-16(15(20)21)7-9(6-10(8-16)14(18)19)12-11(22-2)4-5-17-13(12)23-3/h4-7H,8H2,1-3H3,(H,18,19)(H,20,21). The summed E-state index contributed by atoms with van der Waals surface area (Å²) in [6.45, 7) is 1.47. The first-order valence-electron chi connectivity index (χ1n) is 6.80. The van der Waals surface area contributed by atoms with E-state index in [2.05, 4.69) is 4.98 Å². The van der Waals surface area contributed by atoms with Gasteiger partial charge in [-0.25, -0.2) is 9.78 Å². The molecule has 0 saturated heterocycles. The summed E-state index contributed by atoms with van der Waals surface area (Å²) in [7, 11) is 2.88. The summed E-state index contributed by atoms with van der Waals surface area (Å²) in [5.41, 5.74) is -0.534. The quantitative estimate of drug-likeness (QED) is 0.854. The predicted octanol–water partition coefficient (Wildman–Crippen LogP) is 1.99. The molecular formula is C16H17NO6. The summed E-state index contributed by atoms with van der Waals surface area (Å²) < 4.78 is 10.5. The third kappa shape index (κ3) is 3.03. The van der Waals surface area contributed by atoms with Gasteiger partial charge in [-0.1, -0.05) is 6.08 Å². The van der Waals surface area contributed by atoms with E-state index in [1.54, 1.807) is 6.07 Å². The SMILES string of the molecule is COc1ccnc(OC)c1C1=CC(C)(C(=O)O)CC(C(=O)O)=C1. The summed E-state index contributed by atoms with van der Waals surface area (Å²) in [4.78, 5) is 27.0. The fraction of sp³-hybridized carbons (Fsp3) is 0.312. The van der Waals surface area contributed by atoms with Gasteiger partial charge in [0.2, 0.25) is 5.88 Å². The van der Waals surface area contributed by atoms with Crippen LogP contribution in [-0.2, 0) is 9.59 Å². The molecule has 1 atom stereocenters. The van der Waals surface area contributed by atoms with Crippen molar-refractivity contribution >= 4 is 17.5 Å². The average molecular weight is 319 g/mol. The molecule has 7 heteroatoms. The van der Waals surface area contributed by atoms with E-state index in [0.717, 1.165) is 0 Å². The molecule has 0 bridgehead atoms. The zero-order valence-electron chi connectivity index (χ0n) is 13.0. The largest absolute Gasteiger partial charge is 0.496 e. The summed E-state index contributed by atoms with van der Waals surface area (Å²) in [5, 5.41) is 18.8. The number of methoxy groups -OCH3 is 2. The highest BCUT2D eigenvalue weighted by Gasteiger charge is 2.37.